The van der Waals surface area contributed by atoms with E-state index in [9.17, 15) is 0 Å². The number of thiazole rings is 1. The fourth-order valence-corrected chi connectivity index (χ4v) is 4.17. The Morgan fingerprint density at radius 2 is 1.54 bits per heavy atom. The summed E-state index contributed by atoms with van der Waals surface area (Å²) in [7, 11) is 0. The van der Waals surface area contributed by atoms with E-state index in [0.29, 0.717) is 0 Å². The van der Waals surface area contributed by atoms with Crippen molar-refractivity contribution >= 4 is 28.0 Å². The fraction of sp³-hybridized carbons (Fsp3) is 0.0417. The summed E-state index contributed by atoms with van der Waals surface area (Å²) in [5, 5.41) is 3.24. The third-order valence-corrected chi connectivity index (χ3v) is 5.50. The number of nitrogens with zero attached hydrogens (tertiary/aromatic N) is 2. The van der Waals surface area contributed by atoms with Crippen molar-refractivity contribution in [3.8, 4) is 11.5 Å². The number of rotatable bonds is 4. The number of hydrogen-bond acceptors (Lipinski definition) is 3. The fourth-order valence-electron chi connectivity index (χ4n) is 3.26. The summed E-state index contributed by atoms with van der Waals surface area (Å²) in [5.74, 6) is 0.864. The molecule has 0 spiro atoms. The van der Waals surface area contributed by atoms with E-state index in [2.05, 4.69) is 46.3 Å². The normalized spacial score (nSPS) is 11.9. The summed E-state index contributed by atoms with van der Waals surface area (Å²) in [4.78, 5) is 5.83. The van der Waals surface area contributed by atoms with E-state index in [-0.39, 0.29) is 0 Å². The molecule has 136 valence electrons. The third-order valence-electron chi connectivity index (χ3n) is 4.64. The molecule has 0 aliphatic heterocycles. The lowest BCUT2D eigenvalue weighted by Gasteiger charge is -2.07. The van der Waals surface area contributed by atoms with Crippen molar-refractivity contribution in [3.63, 3.8) is 0 Å². The van der Waals surface area contributed by atoms with Crippen LogP contribution < -0.4 is 4.80 Å². The Kier molecular flexibility index (Phi) is 4.39. The largest absolute Gasteiger partial charge is 0.454 e. The molecule has 0 unspecified atom stereocenters. The van der Waals surface area contributed by atoms with Gasteiger partial charge in [0.2, 0.25) is 0 Å². The molecular weight excluding hydrogens is 364 g/mol. The maximum Gasteiger partial charge on any atom is 0.190 e. The minimum atomic E-state index is 0.738. The van der Waals surface area contributed by atoms with Crippen LogP contribution in [0.5, 0.6) is 0 Å². The molecule has 2 heterocycles. The summed E-state index contributed by atoms with van der Waals surface area (Å²) in [6, 6.07) is 30.7. The molecule has 2 aromatic heterocycles. The number of para-hydroxylation sites is 2. The van der Waals surface area contributed by atoms with Crippen molar-refractivity contribution in [1.29, 1.82) is 0 Å². The lowest BCUT2D eigenvalue weighted by molar-refractivity contribution is 0.618. The van der Waals surface area contributed by atoms with Crippen molar-refractivity contribution in [1.82, 2.24) is 4.57 Å². The Bertz CT molecular complexity index is 1250. The van der Waals surface area contributed by atoms with E-state index in [4.69, 9.17) is 9.41 Å². The Morgan fingerprint density at radius 3 is 2.32 bits per heavy atom. The predicted molar refractivity (Wildman–Crippen MR) is 115 cm³/mol. The van der Waals surface area contributed by atoms with Gasteiger partial charge in [-0.1, -0.05) is 66.7 Å². The molecule has 3 nitrogen and oxygen atoms in total. The van der Waals surface area contributed by atoms with E-state index in [1.54, 1.807) is 11.3 Å². The highest BCUT2D eigenvalue weighted by atomic mass is 32.1. The smallest absolute Gasteiger partial charge is 0.190 e. The summed E-state index contributed by atoms with van der Waals surface area (Å²) < 4.78 is 8.37. The molecule has 0 radical (unpaired) electrons. The standard InChI is InChI=1S/C24H18N2OS/c1-3-9-18(10-4-1)16-26-21(23-15-19-11-7-8-14-22(19)27-23)17-28-24(26)25-20-12-5-2-6-13-20/h1-15,17H,16H2. The van der Waals surface area contributed by atoms with Gasteiger partial charge >= 0.3 is 0 Å². The molecule has 3 aromatic carbocycles. The number of furan rings is 1. The van der Waals surface area contributed by atoms with Crippen LogP contribution in [0.3, 0.4) is 0 Å². The molecule has 0 aliphatic rings. The molecule has 0 atom stereocenters. The summed E-state index contributed by atoms with van der Waals surface area (Å²) in [6.45, 7) is 0.738. The van der Waals surface area contributed by atoms with Crippen LogP contribution in [0.15, 0.2) is 106 Å². The van der Waals surface area contributed by atoms with Gasteiger partial charge in [-0.05, 0) is 29.8 Å². The molecule has 4 heteroatoms. The average molecular weight is 382 g/mol. The molecule has 5 aromatic rings. The first-order chi connectivity index (χ1) is 13.9. The van der Waals surface area contributed by atoms with Crippen molar-refractivity contribution in [3.05, 3.63) is 107 Å². The predicted octanol–water partition coefficient (Wildman–Crippen LogP) is 6.24. The molecule has 0 saturated heterocycles. The van der Waals surface area contributed by atoms with E-state index in [1.165, 1.54) is 5.56 Å². The van der Waals surface area contributed by atoms with Gasteiger partial charge in [0, 0.05) is 10.8 Å². The Balaban J connectivity index is 1.67. The summed E-state index contributed by atoms with van der Waals surface area (Å²) >= 11 is 1.63. The Labute approximate surface area is 166 Å². The molecule has 0 aliphatic carbocycles. The monoisotopic (exact) mass is 382 g/mol. The maximum absolute atomic E-state index is 6.14. The molecule has 0 bridgehead atoms. The van der Waals surface area contributed by atoms with Gasteiger partial charge in [-0.3, -0.25) is 0 Å². The van der Waals surface area contributed by atoms with Gasteiger partial charge < -0.3 is 8.98 Å². The van der Waals surface area contributed by atoms with Crippen molar-refractivity contribution in [2.24, 2.45) is 4.99 Å². The van der Waals surface area contributed by atoms with E-state index in [1.807, 2.05) is 54.6 Å². The minimum Gasteiger partial charge on any atom is -0.454 e. The first-order valence-corrected chi connectivity index (χ1v) is 10.1. The van der Waals surface area contributed by atoms with Gasteiger partial charge in [0.1, 0.15) is 5.58 Å². The summed E-state index contributed by atoms with van der Waals surface area (Å²) in [6.07, 6.45) is 0. The van der Waals surface area contributed by atoms with Crippen molar-refractivity contribution in [2.75, 3.05) is 0 Å². The van der Waals surface area contributed by atoms with E-state index in [0.717, 1.165) is 39.5 Å². The first kappa shape index (κ1) is 16.8. The van der Waals surface area contributed by atoms with Crippen molar-refractivity contribution in [2.45, 2.75) is 6.54 Å². The number of benzene rings is 3. The molecule has 0 N–H and O–H groups in total. The number of hydrogen-bond donors (Lipinski definition) is 0. The number of fused-ring (bicyclic) bond motifs is 1. The quantitative estimate of drug-likeness (QED) is 0.362. The van der Waals surface area contributed by atoms with Crippen LogP contribution in [-0.4, -0.2) is 4.57 Å². The van der Waals surface area contributed by atoms with Crippen LogP contribution in [0, 0.1) is 0 Å². The molecule has 5 rings (SSSR count). The topological polar surface area (TPSA) is 30.4 Å². The lowest BCUT2D eigenvalue weighted by Crippen LogP contribution is -2.16. The maximum atomic E-state index is 6.14. The zero-order chi connectivity index (χ0) is 18.8. The average Bonchev–Trinajstić information content (AvgIpc) is 3.34. The van der Waals surface area contributed by atoms with E-state index >= 15 is 0 Å². The van der Waals surface area contributed by atoms with Gasteiger partial charge in [0.15, 0.2) is 10.6 Å². The van der Waals surface area contributed by atoms with Crippen LogP contribution in [0.25, 0.3) is 22.4 Å². The van der Waals surface area contributed by atoms with Crippen LogP contribution in [0.2, 0.25) is 0 Å². The summed E-state index contributed by atoms with van der Waals surface area (Å²) in [5.41, 5.74) is 4.12. The van der Waals surface area contributed by atoms with Crippen LogP contribution in [0.1, 0.15) is 5.56 Å². The third kappa shape index (κ3) is 3.30. The van der Waals surface area contributed by atoms with Crippen molar-refractivity contribution < 1.29 is 4.42 Å². The highest BCUT2D eigenvalue weighted by Crippen LogP contribution is 2.28. The second-order valence-corrected chi connectivity index (χ2v) is 7.41. The molecule has 0 saturated carbocycles. The lowest BCUT2D eigenvalue weighted by atomic mass is 10.2. The highest BCUT2D eigenvalue weighted by molar-refractivity contribution is 7.07. The second kappa shape index (κ2) is 7.33. The van der Waals surface area contributed by atoms with Crippen LogP contribution in [0.4, 0.5) is 5.69 Å². The van der Waals surface area contributed by atoms with Gasteiger partial charge in [-0.15, -0.1) is 11.3 Å². The zero-order valence-electron chi connectivity index (χ0n) is 15.2. The van der Waals surface area contributed by atoms with Gasteiger partial charge in [0.25, 0.3) is 0 Å². The SMILES string of the molecule is c1ccc(Cn2c(-c3cc4ccccc4o3)csc2=Nc2ccccc2)cc1. The molecule has 28 heavy (non-hydrogen) atoms. The molecular formula is C24H18N2OS. The van der Waals surface area contributed by atoms with Gasteiger partial charge in [-0.2, -0.15) is 0 Å². The Hall–Kier alpha value is -3.37. The van der Waals surface area contributed by atoms with Gasteiger partial charge in [-0.25, -0.2) is 4.99 Å². The molecule has 0 fully saturated rings. The minimum absolute atomic E-state index is 0.738. The van der Waals surface area contributed by atoms with E-state index < -0.39 is 0 Å². The first-order valence-electron chi connectivity index (χ1n) is 9.18. The van der Waals surface area contributed by atoms with Gasteiger partial charge in [0.05, 0.1) is 17.9 Å². The Morgan fingerprint density at radius 1 is 0.821 bits per heavy atom. The zero-order valence-corrected chi connectivity index (χ0v) is 16.0. The van der Waals surface area contributed by atoms with Crippen LogP contribution >= 0.6 is 11.3 Å². The second-order valence-electron chi connectivity index (χ2n) is 6.57. The highest BCUT2D eigenvalue weighted by Gasteiger charge is 2.13. The number of aromatic nitrogens is 1. The molecule has 0 amide bonds. The van der Waals surface area contributed by atoms with Crippen LogP contribution in [-0.2, 0) is 6.54 Å².